The van der Waals surface area contributed by atoms with E-state index in [0.29, 0.717) is 18.2 Å². The zero-order valence-corrected chi connectivity index (χ0v) is 19.2. The number of likely N-dealkylation sites (N-methyl/N-ethyl adjacent to an activating group) is 1. The molecule has 0 bridgehead atoms. The number of aromatic nitrogens is 2. The van der Waals surface area contributed by atoms with E-state index < -0.39 is 23.7 Å². The number of aliphatic hydroxyl groups is 1. The van der Waals surface area contributed by atoms with Gasteiger partial charge in [-0.2, -0.15) is 0 Å². The molecule has 4 rings (SSSR count). The first kappa shape index (κ1) is 23.7. The summed E-state index contributed by atoms with van der Waals surface area (Å²) >= 11 is 5.78. The smallest absolute Gasteiger partial charge is 0.201 e. The fourth-order valence-electron chi connectivity index (χ4n) is 4.48. The zero-order valence-electron chi connectivity index (χ0n) is 18.5. The molecule has 1 heterocycles. The third-order valence-corrected chi connectivity index (χ3v) is 6.81. The molecule has 1 aliphatic rings. The number of halogens is 4. The van der Waals surface area contributed by atoms with Crippen molar-refractivity contribution in [3.63, 3.8) is 0 Å². The monoisotopic (exact) mass is 481 g/mol. The lowest BCUT2D eigenvalue weighted by molar-refractivity contribution is 0.113. The minimum atomic E-state index is -1.44. The third-order valence-electron chi connectivity index (χ3n) is 6.52. The number of fused-ring (bicyclic) bond motifs is 1. The van der Waals surface area contributed by atoms with Crippen molar-refractivity contribution in [1.82, 2.24) is 14.9 Å². The van der Waals surface area contributed by atoms with Crippen molar-refractivity contribution in [3.05, 3.63) is 52.3 Å². The highest BCUT2D eigenvalue weighted by molar-refractivity contribution is 6.31. The van der Waals surface area contributed by atoms with E-state index in [1.165, 1.54) is 18.6 Å². The summed E-state index contributed by atoms with van der Waals surface area (Å²) < 4.78 is 42.3. The molecule has 6 nitrogen and oxygen atoms in total. The highest BCUT2D eigenvalue weighted by atomic mass is 35.5. The van der Waals surface area contributed by atoms with Crippen molar-refractivity contribution >= 4 is 34.3 Å². The molecule has 33 heavy (non-hydrogen) atoms. The standard InChI is InChI=1S/C23H27ClF3N5O/c1-32(2)23(8-4-3-5-9-23)12-28-22-30-19-14(11-17(26)18(27)20(19)31-22)21(33)29-13-6-7-16(25)15(24)10-13/h6-7,10-11,21,29,33H,3-5,8-9,12H2,1-2H3,(H2,28,30,31). The average molecular weight is 482 g/mol. The number of hydrogen-bond donors (Lipinski definition) is 4. The van der Waals surface area contributed by atoms with E-state index >= 15 is 0 Å². The van der Waals surface area contributed by atoms with Gasteiger partial charge in [0.15, 0.2) is 17.9 Å². The largest absolute Gasteiger partial charge is 0.369 e. The Morgan fingerprint density at radius 2 is 1.88 bits per heavy atom. The lowest BCUT2D eigenvalue weighted by Gasteiger charge is -2.43. The van der Waals surface area contributed by atoms with E-state index in [1.54, 1.807) is 0 Å². The number of hydrogen-bond acceptors (Lipinski definition) is 5. The Hall–Kier alpha value is -2.49. The summed E-state index contributed by atoms with van der Waals surface area (Å²) in [5.41, 5.74) is 0.243. The molecule has 0 amide bonds. The van der Waals surface area contributed by atoms with Crippen molar-refractivity contribution in [2.45, 2.75) is 43.9 Å². The van der Waals surface area contributed by atoms with Gasteiger partial charge in [-0.3, -0.25) is 0 Å². The molecule has 178 valence electrons. The second kappa shape index (κ2) is 9.40. The van der Waals surface area contributed by atoms with Gasteiger partial charge in [-0.15, -0.1) is 0 Å². The summed E-state index contributed by atoms with van der Waals surface area (Å²) in [6.07, 6.45) is 4.10. The second-order valence-electron chi connectivity index (χ2n) is 8.78. The van der Waals surface area contributed by atoms with E-state index in [1.807, 2.05) is 14.1 Å². The first-order valence-electron chi connectivity index (χ1n) is 10.9. The Kier molecular flexibility index (Phi) is 6.74. The van der Waals surface area contributed by atoms with Gasteiger partial charge in [0, 0.05) is 23.3 Å². The summed E-state index contributed by atoms with van der Waals surface area (Å²) in [6, 6.07) is 4.71. The van der Waals surface area contributed by atoms with Crippen LogP contribution in [0, 0.1) is 17.5 Å². The molecular formula is C23H27ClF3N5O. The summed E-state index contributed by atoms with van der Waals surface area (Å²) in [6.45, 7) is 0.591. The molecule has 2 aromatic carbocycles. The molecule has 1 unspecified atom stereocenters. The van der Waals surface area contributed by atoms with Crippen molar-refractivity contribution in [2.75, 3.05) is 31.3 Å². The Bertz CT molecular complexity index is 1150. The Labute approximate surface area is 195 Å². The summed E-state index contributed by atoms with van der Waals surface area (Å²) in [7, 11) is 4.09. The number of rotatable bonds is 7. The average Bonchev–Trinajstić information content (AvgIpc) is 3.22. The number of aliphatic hydroxyl groups excluding tert-OH is 1. The molecule has 0 radical (unpaired) electrons. The fraction of sp³-hybridized carbons (Fsp3) is 0.435. The Balaban J connectivity index is 1.61. The van der Waals surface area contributed by atoms with Gasteiger partial charge >= 0.3 is 0 Å². The molecule has 0 spiro atoms. The van der Waals surface area contributed by atoms with Crippen molar-refractivity contribution in [2.24, 2.45) is 0 Å². The third kappa shape index (κ3) is 4.76. The molecule has 1 saturated carbocycles. The van der Waals surface area contributed by atoms with Crippen LogP contribution < -0.4 is 10.6 Å². The van der Waals surface area contributed by atoms with E-state index in [4.69, 9.17) is 11.6 Å². The van der Waals surface area contributed by atoms with Crippen molar-refractivity contribution in [3.8, 4) is 0 Å². The summed E-state index contributed by atoms with van der Waals surface area (Å²) in [5, 5.41) is 16.5. The number of anilines is 2. The summed E-state index contributed by atoms with van der Waals surface area (Å²) in [5.74, 6) is -2.52. The van der Waals surface area contributed by atoms with Crippen LogP contribution in [-0.2, 0) is 0 Å². The predicted molar refractivity (Wildman–Crippen MR) is 124 cm³/mol. The first-order valence-corrected chi connectivity index (χ1v) is 11.3. The van der Waals surface area contributed by atoms with Crippen LogP contribution in [0.1, 0.15) is 43.9 Å². The normalized spacial score (nSPS) is 16.8. The van der Waals surface area contributed by atoms with Gasteiger partial charge in [-0.1, -0.05) is 30.9 Å². The molecule has 1 fully saturated rings. The lowest BCUT2D eigenvalue weighted by Crippen LogP contribution is -2.51. The van der Waals surface area contributed by atoms with E-state index in [2.05, 4.69) is 25.5 Å². The topological polar surface area (TPSA) is 76.2 Å². The number of H-pyrrole nitrogens is 1. The molecule has 4 N–H and O–H groups in total. The highest BCUT2D eigenvalue weighted by Crippen LogP contribution is 2.34. The maximum atomic E-state index is 14.5. The molecule has 1 aliphatic carbocycles. The number of nitrogens with one attached hydrogen (secondary N) is 3. The van der Waals surface area contributed by atoms with Crippen LogP contribution in [0.15, 0.2) is 24.3 Å². The van der Waals surface area contributed by atoms with Gasteiger partial charge < -0.3 is 25.6 Å². The van der Waals surface area contributed by atoms with Crippen LogP contribution in [-0.4, -0.2) is 46.2 Å². The Morgan fingerprint density at radius 1 is 1.15 bits per heavy atom. The lowest BCUT2D eigenvalue weighted by atomic mass is 9.80. The van der Waals surface area contributed by atoms with Crippen LogP contribution in [0.3, 0.4) is 0 Å². The predicted octanol–water partition coefficient (Wildman–Crippen LogP) is 5.41. The Morgan fingerprint density at radius 3 is 2.55 bits per heavy atom. The van der Waals surface area contributed by atoms with E-state index in [0.717, 1.165) is 37.8 Å². The molecule has 3 aromatic rings. The first-order chi connectivity index (χ1) is 15.7. The zero-order chi connectivity index (χ0) is 23.8. The minimum Gasteiger partial charge on any atom is -0.369 e. The van der Waals surface area contributed by atoms with Gasteiger partial charge in [-0.05, 0) is 51.2 Å². The molecule has 0 aliphatic heterocycles. The molecule has 0 saturated heterocycles. The van der Waals surface area contributed by atoms with Gasteiger partial charge in [0.05, 0.1) is 5.02 Å². The SMILES string of the molecule is CN(C)C1(CNc2nc3c(C(O)Nc4ccc(F)c(Cl)c4)cc(F)c(F)c3[nH]2)CCCCC1. The van der Waals surface area contributed by atoms with Crippen LogP contribution >= 0.6 is 11.6 Å². The molecule has 1 aromatic heterocycles. The van der Waals surface area contributed by atoms with Crippen molar-refractivity contribution in [1.29, 1.82) is 0 Å². The van der Waals surface area contributed by atoms with Gasteiger partial charge in [0.2, 0.25) is 5.95 Å². The number of imidazole rings is 1. The van der Waals surface area contributed by atoms with Crippen LogP contribution in [0.4, 0.5) is 24.8 Å². The molecule has 1 atom stereocenters. The number of benzene rings is 2. The van der Waals surface area contributed by atoms with Crippen LogP contribution in [0.25, 0.3) is 11.0 Å². The summed E-state index contributed by atoms with van der Waals surface area (Å²) in [4.78, 5) is 9.42. The number of aromatic amines is 1. The molecule has 10 heteroatoms. The van der Waals surface area contributed by atoms with Gasteiger partial charge in [0.25, 0.3) is 0 Å². The van der Waals surface area contributed by atoms with Gasteiger partial charge in [0.1, 0.15) is 16.9 Å². The maximum Gasteiger partial charge on any atom is 0.201 e. The highest BCUT2D eigenvalue weighted by Gasteiger charge is 2.34. The maximum absolute atomic E-state index is 14.5. The van der Waals surface area contributed by atoms with Crippen molar-refractivity contribution < 1.29 is 18.3 Å². The van der Waals surface area contributed by atoms with E-state index in [9.17, 15) is 18.3 Å². The number of nitrogens with zero attached hydrogens (tertiary/aromatic N) is 2. The van der Waals surface area contributed by atoms with Gasteiger partial charge in [-0.25, -0.2) is 18.2 Å². The quantitative estimate of drug-likeness (QED) is 0.339. The second-order valence-corrected chi connectivity index (χ2v) is 9.19. The molecular weight excluding hydrogens is 455 g/mol. The fourth-order valence-corrected chi connectivity index (χ4v) is 4.66. The van der Waals surface area contributed by atoms with E-state index in [-0.39, 0.29) is 27.2 Å². The van der Waals surface area contributed by atoms with Crippen LogP contribution in [0.2, 0.25) is 5.02 Å². The minimum absolute atomic E-state index is 0.0358. The van der Waals surface area contributed by atoms with Crippen LogP contribution in [0.5, 0.6) is 0 Å².